The molecule has 0 aromatic heterocycles. The molecule has 0 bridgehead atoms. The highest BCUT2D eigenvalue weighted by Crippen LogP contribution is 2.38. The summed E-state index contributed by atoms with van der Waals surface area (Å²) in [5.41, 5.74) is 6.78. The fourth-order valence-corrected chi connectivity index (χ4v) is 4.61. The predicted octanol–water partition coefficient (Wildman–Crippen LogP) is 3.56. The van der Waals surface area contributed by atoms with Gasteiger partial charge in [-0.2, -0.15) is 0 Å². The van der Waals surface area contributed by atoms with Crippen LogP contribution in [0.4, 0.5) is 8.78 Å². The number of aryl methyl sites for hydroxylation is 1. The first-order chi connectivity index (χ1) is 12.9. The molecule has 0 atom stereocenters. The molecule has 150 valence electrons. The summed E-state index contributed by atoms with van der Waals surface area (Å²) in [5, 5.41) is 3.40. The van der Waals surface area contributed by atoms with Gasteiger partial charge < -0.3 is 15.8 Å². The summed E-state index contributed by atoms with van der Waals surface area (Å²) >= 11 is 0. The van der Waals surface area contributed by atoms with Gasteiger partial charge in [-0.1, -0.05) is 0 Å². The number of benzene rings is 1. The average molecular weight is 380 g/mol. The summed E-state index contributed by atoms with van der Waals surface area (Å²) in [4.78, 5) is 11.9. The maximum atomic E-state index is 13.6. The lowest BCUT2D eigenvalue weighted by molar-refractivity contribution is -0.128. The van der Waals surface area contributed by atoms with Crippen molar-refractivity contribution in [3.63, 3.8) is 0 Å². The van der Waals surface area contributed by atoms with Crippen LogP contribution >= 0.6 is 0 Å². The van der Waals surface area contributed by atoms with Gasteiger partial charge in [0.2, 0.25) is 5.91 Å². The van der Waals surface area contributed by atoms with Crippen molar-refractivity contribution in [2.75, 3.05) is 19.8 Å². The van der Waals surface area contributed by atoms with Crippen molar-refractivity contribution < 1.29 is 18.3 Å². The number of halogens is 2. The summed E-state index contributed by atoms with van der Waals surface area (Å²) in [6.07, 6.45) is 6.38. The normalized spacial score (nSPS) is 25.3. The van der Waals surface area contributed by atoms with Crippen molar-refractivity contribution in [1.82, 2.24) is 5.32 Å². The lowest BCUT2D eigenvalue weighted by Gasteiger charge is -2.36. The van der Waals surface area contributed by atoms with Crippen LogP contribution in [0.15, 0.2) is 12.1 Å². The molecule has 0 radical (unpaired) electrons. The van der Waals surface area contributed by atoms with Crippen molar-refractivity contribution in [3.05, 3.63) is 34.9 Å². The molecule has 6 heteroatoms. The third-order valence-electron chi connectivity index (χ3n) is 6.43. The van der Waals surface area contributed by atoms with E-state index in [1.807, 2.05) is 6.92 Å². The number of hydrogen-bond donors (Lipinski definition) is 2. The van der Waals surface area contributed by atoms with E-state index in [-0.39, 0.29) is 5.91 Å². The first-order valence-electron chi connectivity index (χ1n) is 9.99. The van der Waals surface area contributed by atoms with E-state index in [0.29, 0.717) is 37.9 Å². The number of ether oxygens (including phenoxy) is 1. The second-order valence-corrected chi connectivity index (χ2v) is 8.11. The van der Waals surface area contributed by atoms with Crippen LogP contribution in [0, 0.1) is 24.5 Å². The molecule has 1 saturated carbocycles. The van der Waals surface area contributed by atoms with Gasteiger partial charge in [0.1, 0.15) is 5.54 Å². The van der Waals surface area contributed by atoms with Crippen molar-refractivity contribution in [2.45, 2.75) is 63.3 Å². The van der Waals surface area contributed by atoms with Crippen LogP contribution in [0.5, 0.6) is 0 Å². The van der Waals surface area contributed by atoms with Crippen LogP contribution in [0.1, 0.15) is 62.0 Å². The van der Waals surface area contributed by atoms with Crippen LogP contribution in [0.2, 0.25) is 0 Å². The highest BCUT2D eigenvalue weighted by Gasteiger charge is 2.38. The van der Waals surface area contributed by atoms with E-state index in [9.17, 15) is 13.6 Å². The molecule has 3 N–H and O–H groups in total. The van der Waals surface area contributed by atoms with E-state index >= 15 is 0 Å². The predicted molar refractivity (Wildman–Crippen MR) is 100 cm³/mol. The van der Waals surface area contributed by atoms with E-state index in [1.54, 1.807) is 0 Å². The van der Waals surface area contributed by atoms with Gasteiger partial charge in [0.15, 0.2) is 11.6 Å². The Hall–Kier alpha value is -1.53. The number of nitrogens with two attached hydrogens (primary N) is 1. The molecule has 1 aliphatic heterocycles. The van der Waals surface area contributed by atoms with E-state index in [1.165, 1.54) is 12.1 Å². The Morgan fingerprint density at radius 2 is 1.81 bits per heavy atom. The molecule has 2 fully saturated rings. The second kappa shape index (κ2) is 8.65. The summed E-state index contributed by atoms with van der Waals surface area (Å²) in [6, 6.07) is 2.68. The zero-order valence-electron chi connectivity index (χ0n) is 16.0. The Morgan fingerprint density at radius 1 is 1.19 bits per heavy atom. The van der Waals surface area contributed by atoms with Crippen molar-refractivity contribution in [2.24, 2.45) is 11.7 Å². The Morgan fingerprint density at radius 3 is 2.44 bits per heavy atom. The summed E-state index contributed by atoms with van der Waals surface area (Å²) < 4.78 is 32.3. The zero-order valence-corrected chi connectivity index (χ0v) is 16.0. The minimum atomic E-state index is -0.771. The molecule has 1 aromatic carbocycles. The smallest absolute Gasteiger partial charge is 0.237 e. The molecule has 0 unspecified atom stereocenters. The number of rotatable bonds is 6. The summed E-state index contributed by atoms with van der Waals surface area (Å²) in [6.45, 7) is 3.75. The molecular weight excluding hydrogens is 350 g/mol. The number of nitrogens with one attached hydrogen (secondary N) is 1. The minimum Gasteiger partial charge on any atom is -0.381 e. The minimum absolute atomic E-state index is 0.289. The fraction of sp³-hybridized carbons (Fsp3) is 0.667. The zero-order chi connectivity index (χ0) is 19.4. The number of primary amides is 1. The molecule has 4 nitrogen and oxygen atoms in total. The summed E-state index contributed by atoms with van der Waals surface area (Å²) in [5.74, 6) is -0.924. The fourth-order valence-electron chi connectivity index (χ4n) is 4.61. The van der Waals surface area contributed by atoms with Gasteiger partial charge in [0.05, 0.1) is 0 Å². The maximum Gasteiger partial charge on any atom is 0.237 e. The van der Waals surface area contributed by atoms with Gasteiger partial charge in [-0.25, -0.2) is 8.78 Å². The van der Waals surface area contributed by atoms with E-state index < -0.39 is 17.2 Å². The van der Waals surface area contributed by atoms with Gasteiger partial charge in [-0.3, -0.25) is 4.79 Å². The second-order valence-electron chi connectivity index (χ2n) is 8.11. The topological polar surface area (TPSA) is 64.3 Å². The number of carbonyl (C=O) groups is 1. The molecular formula is C21H30F2N2O2. The van der Waals surface area contributed by atoms with Gasteiger partial charge in [-0.15, -0.1) is 0 Å². The number of amides is 1. The van der Waals surface area contributed by atoms with Crippen LogP contribution in [-0.2, 0) is 9.53 Å². The first-order valence-corrected chi connectivity index (χ1v) is 9.99. The first kappa shape index (κ1) is 20.2. The number of carbonyl (C=O) groups excluding carboxylic acids is 1. The molecule has 1 saturated heterocycles. The molecule has 1 amide bonds. The number of hydrogen-bond acceptors (Lipinski definition) is 3. The lowest BCUT2D eigenvalue weighted by atomic mass is 9.76. The SMILES string of the molecule is Cc1cc(F)c(F)cc1[C@H]1CC[C@@H](CCNC2(C(N)=O)CCOCC2)CC1. The Balaban J connectivity index is 1.48. The van der Waals surface area contributed by atoms with E-state index in [4.69, 9.17) is 10.5 Å². The largest absolute Gasteiger partial charge is 0.381 e. The molecule has 1 heterocycles. The van der Waals surface area contributed by atoms with Gasteiger partial charge >= 0.3 is 0 Å². The molecule has 2 aliphatic rings. The van der Waals surface area contributed by atoms with Crippen LogP contribution in [-0.4, -0.2) is 31.2 Å². The maximum absolute atomic E-state index is 13.6. The summed E-state index contributed by atoms with van der Waals surface area (Å²) in [7, 11) is 0. The van der Waals surface area contributed by atoms with Gasteiger partial charge in [0, 0.05) is 13.2 Å². The monoisotopic (exact) mass is 380 g/mol. The van der Waals surface area contributed by atoms with Crippen LogP contribution in [0.3, 0.4) is 0 Å². The van der Waals surface area contributed by atoms with Crippen LogP contribution < -0.4 is 11.1 Å². The molecule has 0 spiro atoms. The Bertz CT molecular complexity index is 666. The average Bonchev–Trinajstić information content (AvgIpc) is 2.66. The van der Waals surface area contributed by atoms with E-state index in [2.05, 4.69) is 5.32 Å². The van der Waals surface area contributed by atoms with E-state index in [0.717, 1.165) is 49.8 Å². The third kappa shape index (κ3) is 4.66. The lowest BCUT2D eigenvalue weighted by Crippen LogP contribution is -2.58. The highest BCUT2D eigenvalue weighted by molar-refractivity contribution is 5.84. The van der Waals surface area contributed by atoms with Gasteiger partial charge in [0.25, 0.3) is 0 Å². The quantitative estimate of drug-likeness (QED) is 0.793. The van der Waals surface area contributed by atoms with Crippen molar-refractivity contribution >= 4 is 5.91 Å². The molecule has 1 aliphatic carbocycles. The van der Waals surface area contributed by atoms with Gasteiger partial charge in [-0.05, 0) is 93.5 Å². The van der Waals surface area contributed by atoms with Crippen LogP contribution in [0.25, 0.3) is 0 Å². The molecule has 27 heavy (non-hydrogen) atoms. The standard InChI is InChI=1S/C21H30F2N2O2/c1-14-12-18(22)19(23)13-17(14)16-4-2-15(3-5-16)6-9-25-21(20(24)26)7-10-27-11-8-21/h12-13,15-16,25H,2-11H2,1H3,(H2,24,26)/t15-,16+. The molecule has 1 aromatic rings. The van der Waals surface area contributed by atoms with Crippen molar-refractivity contribution in [1.29, 1.82) is 0 Å². The third-order valence-corrected chi connectivity index (χ3v) is 6.43. The molecule has 3 rings (SSSR count). The van der Waals surface area contributed by atoms with Crippen molar-refractivity contribution in [3.8, 4) is 0 Å². The highest BCUT2D eigenvalue weighted by atomic mass is 19.2. The Labute approximate surface area is 159 Å². The Kier molecular flexibility index (Phi) is 6.48.